The Hall–Kier alpha value is -2.83. The molecule has 1 heterocycles. The largest absolute Gasteiger partial charge is 0.322 e. The molecule has 2 rings (SSSR count). The number of nitro benzene ring substituents is 1. The van der Waals surface area contributed by atoms with Gasteiger partial charge in [-0.15, -0.1) is 0 Å². The van der Waals surface area contributed by atoms with Gasteiger partial charge in [0.1, 0.15) is 0 Å². The van der Waals surface area contributed by atoms with Gasteiger partial charge in [-0.05, 0) is 37.6 Å². The summed E-state index contributed by atoms with van der Waals surface area (Å²) in [7, 11) is 0. The third kappa shape index (κ3) is 3.02. The third-order valence-electron chi connectivity index (χ3n) is 2.99. The summed E-state index contributed by atoms with van der Waals surface area (Å²) in [5.41, 5.74) is 1.11. The minimum absolute atomic E-state index is 0.0296. The van der Waals surface area contributed by atoms with Gasteiger partial charge in [0.15, 0.2) is 0 Å². The first kappa shape index (κ1) is 14.6. The van der Waals surface area contributed by atoms with Crippen LogP contribution in [0.1, 0.15) is 21.5 Å². The first-order valence-corrected chi connectivity index (χ1v) is 6.07. The highest BCUT2D eigenvalue weighted by Gasteiger charge is 2.17. The second-order valence-electron chi connectivity index (χ2n) is 4.51. The quantitative estimate of drug-likeness (QED) is 0.534. The Morgan fingerprint density at radius 3 is 2.67 bits per heavy atom. The Labute approximate surface area is 119 Å². The van der Waals surface area contributed by atoms with Crippen molar-refractivity contribution in [1.82, 2.24) is 4.98 Å². The number of anilines is 1. The number of halogens is 1. The fraction of sp³-hybridized carbons (Fsp3) is 0.143. The highest BCUT2D eigenvalue weighted by Crippen LogP contribution is 2.26. The Balaban J connectivity index is 2.32. The number of nitro groups is 1. The Bertz CT molecular complexity index is 731. The zero-order chi connectivity index (χ0) is 15.6. The van der Waals surface area contributed by atoms with Crippen LogP contribution in [0.25, 0.3) is 0 Å². The Kier molecular flexibility index (Phi) is 3.93. The molecule has 7 heteroatoms. The van der Waals surface area contributed by atoms with Gasteiger partial charge in [0.2, 0.25) is 5.95 Å². The van der Waals surface area contributed by atoms with Gasteiger partial charge in [0, 0.05) is 23.5 Å². The number of rotatable bonds is 3. The topological polar surface area (TPSA) is 85.1 Å². The van der Waals surface area contributed by atoms with Crippen molar-refractivity contribution in [3.8, 4) is 0 Å². The number of aromatic nitrogens is 1. The van der Waals surface area contributed by atoms with Crippen LogP contribution in [-0.4, -0.2) is 15.8 Å². The van der Waals surface area contributed by atoms with E-state index < -0.39 is 16.8 Å². The molecule has 2 aromatic rings. The predicted octanol–water partition coefficient (Wildman–Crippen LogP) is 3.00. The van der Waals surface area contributed by atoms with Gasteiger partial charge in [-0.25, -0.2) is 4.98 Å². The summed E-state index contributed by atoms with van der Waals surface area (Å²) in [5, 5.41) is 13.4. The molecular weight excluding hydrogens is 277 g/mol. The number of carbonyl (C=O) groups is 1. The summed E-state index contributed by atoms with van der Waals surface area (Å²) >= 11 is 0. The molecule has 108 valence electrons. The van der Waals surface area contributed by atoms with Crippen LogP contribution in [-0.2, 0) is 0 Å². The maximum atomic E-state index is 13.4. The SMILES string of the molecule is Cc1cc([N+](=O)[O-])c(C)cc1NC(=O)c1cccnc1F. The minimum atomic E-state index is -0.869. The number of hydrogen-bond donors (Lipinski definition) is 1. The van der Waals surface area contributed by atoms with E-state index in [4.69, 9.17) is 0 Å². The maximum absolute atomic E-state index is 13.4. The van der Waals surface area contributed by atoms with E-state index in [1.165, 1.54) is 30.5 Å². The summed E-state index contributed by atoms with van der Waals surface area (Å²) in [6.07, 6.45) is 1.24. The van der Waals surface area contributed by atoms with Gasteiger partial charge in [0.25, 0.3) is 11.6 Å². The molecule has 0 unspecified atom stereocenters. The van der Waals surface area contributed by atoms with Crippen LogP contribution in [0.15, 0.2) is 30.5 Å². The molecule has 0 saturated carbocycles. The van der Waals surface area contributed by atoms with E-state index >= 15 is 0 Å². The van der Waals surface area contributed by atoms with E-state index in [-0.39, 0.29) is 11.3 Å². The number of nitrogens with zero attached hydrogens (tertiary/aromatic N) is 2. The van der Waals surface area contributed by atoms with Gasteiger partial charge in [-0.3, -0.25) is 14.9 Å². The predicted molar refractivity (Wildman–Crippen MR) is 74.7 cm³/mol. The number of hydrogen-bond acceptors (Lipinski definition) is 4. The number of pyridine rings is 1. The van der Waals surface area contributed by atoms with E-state index in [0.717, 1.165) is 0 Å². The monoisotopic (exact) mass is 289 g/mol. The van der Waals surface area contributed by atoms with Crippen LogP contribution >= 0.6 is 0 Å². The van der Waals surface area contributed by atoms with Crippen molar-refractivity contribution in [3.05, 3.63) is 63.2 Å². The van der Waals surface area contributed by atoms with E-state index in [2.05, 4.69) is 10.3 Å². The van der Waals surface area contributed by atoms with Crippen LogP contribution in [0.4, 0.5) is 15.8 Å². The molecule has 0 fully saturated rings. The van der Waals surface area contributed by atoms with E-state index in [0.29, 0.717) is 16.8 Å². The Morgan fingerprint density at radius 2 is 2.05 bits per heavy atom. The molecule has 6 nitrogen and oxygen atoms in total. The van der Waals surface area contributed by atoms with Gasteiger partial charge >= 0.3 is 0 Å². The minimum Gasteiger partial charge on any atom is -0.322 e. The molecule has 0 saturated heterocycles. The van der Waals surface area contributed by atoms with Crippen molar-refractivity contribution in [3.63, 3.8) is 0 Å². The lowest BCUT2D eigenvalue weighted by Gasteiger charge is -2.10. The first-order chi connectivity index (χ1) is 9.90. The summed E-state index contributed by atoms with van der Waals surface area (Å²) in [6.45, 7) is 3.19. The molecule has 0 aliphatic rings. The molecule has 0 aliphatic carbocycles. The summed E-state index contributed by atoms with van der Waals surface area (Å²) in [4.78, 5) is 25.7. The lowest BCUT2D eigenvalue weighted by molar-refractivity contribution is -0.385. The number of aryl methyl sites for hydroxylation is 2. The molecule has 1 aromatic carbocycles. The van der Waals surface area contributed by atoms with Crippen molar-refractivity contribution in [2.75, 3.05) is 5.32 Å². The van der Waals surface area contributed by atoms with Crippen LogP contribution < -0.4 is 5.32 Å². The van der Waals surface area contributed by atoms with Crippen LogP contribution in [0, 0.1) is 29.9 Å². The molecule has 0 radical (unpaired) electrons. The highest BCUT2D eigenvalue weighted by atomic mass is 19.1. The molecule has 0 bridgehead atoms. The summed E-state index contributed by atoms with van der Waals surface area (Å²) < 4.78 is 13.4. The molecule has 1 amide bonds. The van der Waals surface area contributed by atoms with Crippen LogP contribution in [0.2, 0.25) is 0 Å². The number of nitrogens with one attached hydrogen (secondary N) is 1. The van der Waals surface area contributed by atoms with Gasteiger partial charge in [-0.1, -0.05) is 0 Å². The van der Waals surface area contributed by atoms with Crippen molar-refractivity contribution in [1.29, 1.82) is 0 Å². The number of benzene rings is 1. The second-order valence-corrected chi connectivity index (χ2v) is 4.51. The van der Waals surface area contributed by atoms with Crippen molar-refractivity contribution >= 4 is 17.3 Å². The molecule has 1 N–H and O–H groups in total. The van der Waals surface area contributed by atoms with Crippen LogP contribution in [0.5, 0.6) is 0 Å². The standard InChI is InChI=1S/C14H12FN3O3/c1-8-7-12(18(20)21)9(2)6-11(8)17-14(19)10-4-3-5-16-13(10)15/h3-7H,1-2H3,(H,17,19). The fourth-order valence-corrected chi connectivity index (χ4v) is 1.88. The van der Waals surface area contributed by atoms with E-state index in [1.807, 2.05) is 0 Å². The van der Waals surface area contributed by atoms with Crippen LogP contribution in [0.3, 0.4) is 0 Å². The first-order valence-electron chi connectivity index (χ1n) is 6.07. The average Bonchev–Trinajstić information content (AvgIpc) is 2.42. The lowest BCUT2D eigenvalue weighted by atomic mass is 10.1. The molecule has 1 aromatic heterocycles. The highest BCUT2D eigenvalue weighted by molar-refractivity contribution is 6.04. The molecule has 0 spiro atoms. The summed E-state index contributed by atoms with van der Waals surface area (Å²) in [6, 6.07) is 5.61. The fourth-order valence-electron chi connectivity index (χ4n) is 1.88. The molecule has 21 heavy (non-hydrogen) atoms. The summed E-state index contributed by atoms with van der Waals surface area (Å²) in [5.74, 6) is -1.52. The van der Waals surface area contributed by atoms with Crippen molar-refractivity contribution < 1.29 is 14.1 Å². The zero-order valence-corrected chi connectivity index (χ0v) is 11.4. The van der Waals surface area contributed by atoms with Crippen molar-refractivity contribution in [2.45, 2.75) is 13.8 Å². The normalized spacial score (nSPS) is 10.2. The zero-order valence-electron chi connectivity index (χ0n) is 11.4. The second kappa shape index (κ2) is 5.66. The molecule has 0 atom stereocenters. The third-order valence-corrected chi connectivity index (χ3v) is 2.99. The average molecular weight is 289 g/mol. The van der Waals surface area contributed by atoms with Crippen molar-refractivity contribution in [2.24, 2.45) is 0 Å². The number of amides is 1. The maximum Gasteiger partial charge on any atom is 0.272 e. The Morgan fingerprint density at radius 1 is 1.33 bits per heavy atom. The van der Waals surface area contributed by atoms with Gasteiger partial charge < -0.3 is 5.32 Å². The molecule has 0 aliphatic heterocycles. The van der Waals surface area contributed by atoms with Gasteiger partial charge in [-0.2, -0.15) is 4.39 Å². The van der Waals surface area contributed by atoms with Gasteiger partial charge in [0.05, 0.1) is 10.5 Å². The molecular formula is C14H12FN3O3. The smallest absolute Gasteiger partial charge is 0.272 e. The van der Waals surface area contributed by atoms with E-state index in [1.54, 1.807) is 13.8 Å². The van der Waals surface area contributed by atoms with E-state index in [9.17, 15) is 19.3 Å². The lowest BCUT2D eigenvalue weighted by Crippen LogP contribution is -2.15. The number of carbonyl (C=O) groups excluding carboxylic acids is 1.